The van der Waals surface area contributed by atoms with Crippen molar-refractivity contribution in [2.45, 2.75) is 6.42 Å². The lowest BCUT2D eigenvalue weighted by molar-refractivity contribution is -0.137. The van der Waals surface area contributed by atoms with Crippen LogP contribution in [0.1, 0.15) is 6.42 Å². The molecule has 2 rings (SSSR count). The van der Waals surface area contributed by atoms with Crippen LogP contribution in [0.15, 0.2) is 28.7 Å². The third kappa shape index (κ3) is 4.56. The van der Waals surface area contributed by atoms with Crippen LogP contribution in [0.25, 0.3) is 0 Å². The van der Waals surface area contributed by atoms with E-state index in [1.54, 1.807) is 28.0 Å². The zero-order valence-corrected chi connectivity index (χ0v) is 13.0. The van der Waals surface area contributed by atoms with Crippen molar-refractivity contribution in [3.63, 3.8) is 0 Å². The van der Waals surface area contributed by atoms with Crippen LogP contribution in [0.5, 0.6) is 0 Å². The predicted octanol–water partition coefficient (Wildman–Crippen LogP) is 1.08. The van der Waals surface area contributed by atoms with Gasteiger partial charge in [-0.2, -0.15) is 0 Å². The quantitative estimate of drug-likeness (QED) is 0.650. The van der Waals surface area contributed by atoms with Crippen LogP contribution < -0.4 is 5.32 Å². The number of benzene rings is 1. The minimum Gasteiger partial charge on any atom is -0.342 e. The topological polar surface area (TPSA) is 69.7 Å². The van der Waals surface area contributed by atoms with Crippen molar-refractivity contribution in [2.75, 3.05) is 31.5 Å². The summed E-state index contributed by atoms with van der Waals surface area (Å²) >= 11 is 3.32. The van der Waals surface area contributed by atoms with Crippen molar-refractivity contribution >= 4 is 39.8 Å². The van der Waals surface area contributed by atoms with Gasteiger partial charge in [0.15, 0.2) is 0 Å². The summed E-state index contributed by atoms with van der Waals surface area (Å²) in [7, 11) is 0. The van der Waals surface area contributed by atoms with Gasteiger partial charge in [0.25, 0.3) is 0 Å². The first kappa shape index (κ1) is 15.5. The first-order valence-electron chi connectivity index (χ1n) is 6.61. The number of piperazine rings is 1. The molecule has 0 saturated carbocycles. The summed E-state index contributed by atoms with van der Waals surface area (Å²) in [6.07, 6.45) is 0.593. The Morgan fingerprint density at radius 2 is 1.95 bits per heavy atom. The van der Waals surface area contributed by atoms with Crippen LogP contribution >= 0.6 is 15.9 Å². The van der Waals surface area contributed by atoms with E-state index >= 15 is 0 Å². The number of hydrogen-bond donors (Lipinski definition) is 1. The second kappa shape index (κ2) is 7.21. The molecule has 0 bridgehead atoms. The minimum atomic E-state index is -0.337. The molecule has 1 aromatic carbocycles. The van der Waals surface area contributed by atoms with E-state index in [0.29, 0.717) is 31.9 Å². The predicted molar refractivity (Wildman–Crippen MR) is 81.6 cm³/mol. The second-order valence-corrected chi connectivity index (χ2v) is 5.67. The fraction of sp³-hybridized carbons (Fsp3) is 0.357. The number of carbonyl (C=O) groups is 3. The molecule has 1 N–H and O–H groups in total. The fourth-order valence-electron chi connectivity index (χ4n) is 2.10. The van der Waals surface area contributed by atoms with Crippen molar-refractivity contribution in [3.8, 4) is 0 Å². The molecule has 0 atom stereocenters. The Morgan fingerprint density at radius 1 is 1.24 bits per heavy atom. The van der Waals surface area contributed by atoms with Crippen LogP contribution in [0.4, 0.5) is 5.69 Å². The normalized spacial score (nSPS) is 14.7. The van der Waals surface area contributed by atoms with E-state index in [0.717, 1.165) is 10.9 Å². The third-order valence-electron chi connectivity index (χ3n) is 3.24. The maximum absolute atomic E-state index is 12.0. The number of rotatable bonds is 4. The molecule has 1 aromatic rings. The van der Waals surface area contributed by atoms with E-state index in [1.807, 2.05) is 6.07 Å². The van der Waals surface area contributed by atoms with Crippen LogP contribution in [0.2, 0.25) is 0 Å². The van der Waals surface area contributed by atoms with E-state index in [2.05, 4.69) is 21.2 Å². The number of carbonyl (C=O) groups excluding carboxylic acids is 3. The van der Waals surface area contributed by atoms with E-state index < -0.39 is 0 Å². The highest BCUT2D eigenvalue weighted by Gasteiger charge is 2.21. The van der Waals surface area contributed by atoms with Gasteiger partial charge in [-0.3, -0.25) is 14.4 Å². The molecule has 0 spiro atoms. The molecule has 1 aliphatic heterocycles. The Balaban J connectivity index is 1.82. The standard InChI is InChI=1S/C14H16BrN3O3/c15-11-2-1-3-12(8-11)16-13(20)9-14(21)18-6-4-17(10-19)5-7-18/h1-3,8,10H,4-7,9H2,(H,16,20). The summed E-state index contributed by atoms with van der Waals surface area (Å²) in [5, 5.41) is 2.69. The Hall–Kier alpha value is -1.89. The highest BCUT2D eigenvalue weighted by Crippen LogP contribution is 2.15. The zero-order valence-electron chi connectivity index (χ0n) is 11.4. The Labute approximate surface area is 131 Å². The van der Waals surface area contributed by atoms with Crippen LogP contribution in [-0.2, 0) is 14.4 Å². The lowest BCUT2D eigenvalue weighted by Gasteiger charge is -2.32. The molecular formula is C14H16BrN3O3. The van der Waals surface area contributed by atoms with Gasteiger partial charge >= 0.3 is 0 Å². The maximum Gasteiger partial charge on any atom is 0.233 e. The van der Waals surface area contributed by atoms with Crippen molar-refractivity contribution in [1.82, 2.24) is 9.80 Å². The largest absolute Gasteiger partial charge is 0.342 e. The van der Waals surface area contributed by atoms with Gasteiger partial charge in [-0.15, -0.1) is 0 Å². The molecule has 3 amide bonds. The van der Waals surface area contributed by atoms with Gasteiger partial charge in [0.2, 0.25) is 18.2 Å². The molecule has 112 valence electrons. The number of hydrogen-bond acceptors (Lipinski definition) is 3. The number of nitrogens with zero attached hydrogens (tertiary/aromatic N) is 2. The van der Waals surface area contributed by atoms with E-state index in [1.165, 1.54) is 0 Å². The van der Waals surface area contributed by atoms with Gasteiger partial charge in [0.1, 0.15) is 6.42 Å². The van der Waals surface area contributed by atoms with Crippen LogP contribution in [-0.4, -0.2) is 54.2 Å². The number of amides is 3. The van der Waals surface area contributed by atoms with Crippen molar-refractivity contribution < 1.29 is 14.4 Å². The summed E-state index contributed by atoms with van der Waals surface area (Å²) < 4.78 is 0.858. The van der Waals surface area contributed by atoms with Crippen molar-refractivity contribution in [2.24, 2.45) is 0 Å². The molecule has 0 aromatic heterocycles. The van der Waals surface area contributed by atoms with Gasteiger partial charge < -0.3 is 15.1 Å². The SMILES string of the molecule is O=CN1CCN(C(=O)CC(=O)Nc2cccc(Br)c2)CC1. The highest BCUT2D eigenvalue weighted by molar-refractivity contribution is 9.10. The number of halogens is 1. The summed E-state index contributed by atoms with van der Waals surface area (Å²) in [5.74, 6) is -0.552. The number of nitrogens with one attached hydrogen (secondary N) is 1. The van der Waals surface area contributed by atoms with Gasteiger partial charge in [0.05, 0.1) is 0 Å². The molecule has 1 fully saturated rings. The smallest absolute Gasteiger partial charge is 0.233 e. The average molecular weight is 354 g/mol. The molecule has 1 aliphatic rings. The summed E-state index contributed by atoms with van der Waals surface area (Å²) in [4.78, 5) is 37.7. The molecular weight excluding hydrogens is 338 g/mol. The fourth-order valence-corrected chi connectivity index (χ4v) is 2.50. The number of anilines is 1. The first-order chi connectivity index (χ1) is 10.1. The van der Waals surface area contributed by atoms with Gasteiger partial charge in [-0.25, -0.2) is 0 Å². The molecule has 7 heteroatoms. The van der Waals surface area contributed by atoms with Crippen molar-refractivity contribution in [3.05, 3.63) is 28.7 Å². The van der Waals surface area contributed by atoms with Crippen LogP contribution in [0, 0.1) is 0 Å². The van der Waals surface area contributed by atoms with E-state index in [4.69, 9.17) is 0 Å². The van der Waals surface area contributed by atoms with E-state index in [-0.39, 0.29) is 18.2 Å². The molecule has 0 unspecified atom stereocenters. The van der Waals surface area contributed by atoms with Crippen LogP contribution in [0.3, 0.4) is 0 Å². The second-order valence-electron chi connectivity index (χ2n) is 4.76. The van der Waals surface area contributed by atoms with Gasteiger partial charge in [-0.1, -0.05) is 22.0 Å². The monoisotopic (exact) mass is 353 g/mol. The lowest BCUT2D eigenvalue weighted by atomic mass is 10.2. The van der Waals surface area contributed by atoms with Gasteiger partial charge in [0, 0.05) is 36.3 Å². The molecule has 0 aliphatic carbocycles. The lowest BCUT2D eigenvalue weighted by Crippen LogP contribution is -2.48. The zero-order chi connectivity index (χ0) is 15.2. The molecule has 1 heterocycles. The van der Waals surface area contributed by atoms with E-state index in [9.17, 15) is 14.4 Å². The summed E-state index contributed by atoms with van der Waals surface area (Å²) in [6, 6.07) is 7.19. The molecule has 0 radical (unpaired) electrons. The highest BCUT2D eigenvalue weighted by atomic mass is 79.9. The minimum absolute atomic E-state index is 0.187. The van der Waals surface area contributed by atoms with Gasteiger partial charge in [-0.05, 0) is 18.2 Å². The molecule has 1 saturated heterocycles. The van der Waals surface area contributed by atoms with Crippen molar-refractivity contribution in [1.29, 1.82) is 0 Å². The molecule has 21 heavy (non-hydrogen) atoms. The average Bonchev–Trinajstić information content (AvgIpc) is 2.47. The summed E-state index contributed by atoms with van der Waals surface area (Å²) in [6.45, 7) is 1.98. The third-order valence-corrected chi connectivity index (χ3v) is 3.73. The molecule has 6 nitrogen and oxygen atoms in total. The summed E-state index contributed by atoms with van der Waals surface area (Å²) in [5.41, 5.74) is 0.646. The Bertz CT molecular complexity index is 542. The Kier molecular flexibility index (Phi) is 5.32. The maximum atomic E-state index is 12.0. The first-order valence-corrected chi connectivity index (χ1v) is 7.40. The Morgan fingerprint density at radius 3 is 2.57 bits per heavy atom.